The molecule has 6 nitrogen and oxygen atoms in total. The molecule has 1 aromatic heterocycles. The third-order valence-electron chi connectivity index (χ3n) is 5.24. The van der Waals surface area contributed by atoms with Gasteiger partial charge < -0.3 is 9.88 Å². The molecule has 0 fully saturated rings. The van der Waals surface area contributed by atoms with E-state index in [0.29, 0.717) is 33.8 Å². The Hall–Kier alpha value is -3.42. The van der Waals surface area contributed by atoms with E-state index in [-0.39, 0.29) is 11.7 Å². The van der Waals surface area contributed by atoms with Gasteiger partial charge in [-0.25, -0.2) is 0 Å². The van der Waals surface area contributed by atoms with Crippen molar-refractivity contribution in [3.8, 4) is 11.4 Å². The zero-order chi connectivity index (χ0) is 24.1. The number of nitrogens with one attached hydrogen (secondary N) is 1. The van der Waals surface area contributed by atoms with E-state index >= 15 is 0 Å². The smallest absolute Gasteiger partial charge is 0.242 e. The number of hydrogen-bond donors (Lipinski definition) is 1. The molecule has 8 heteroatoms. The zero-order valence-corrected chi connectivity index (χ0v) is 20.3. The Kier molecular flexibility index (Phi) is 7.45. The minimum atomic E-state index is -0.574. The minimum absolute atomic E-state index is 0.0594. The normalized spacial score (nSPS) is 11.7. The number of rotatable bonds is 8. The van der Waals surface area contributed by atoms with Gasteiger partial charge in [0, 0.05) is 28.4 Å². The van der Waals surface area contributed by atoms with Crippen LogP contribution in [-0.2, 0) is 11.3 Å². The average Bonchev–Trinajstić information content (AvgIpc) is 3.26. The number of anilines is 1. The van der Waals surface area contributed by atoms with Gasteiger partial charge in [0.2, 0.25) is 5.91 Å². The molecule has 0 saturated carbocycles. The van der Waals surface area contributed by atoms with Crippen LogP contribution in [0.1, 0.15) is 35.0 Å². The monoisotopic (exact) mass is 490 g/mol. The number of hydrogen-bond acceptors (Lipinski definition) is 5. The maximum atomic E-state index is 13.4. The second-order valence-electron chi connectivity index (χ2n) is 7.59. The van der Waals surface area contributed by atoms with Crippen molar-refractivity contribution in [1.29, 1.82) is 0 Å². The van der Waals surface area contributed by atoms with Crippen molar-refractivity contribution in [1.82, 2.24) is 14.8 Å². The Labute approximate surface area is 207 Å². The molecule has 0 aliphatic rings. The maximum absolute atomic E-state index is 13.4. The van der Waals surface area contributed by atoms with Crippen LogP contribution in [0.4, 0.5) is 5.69 Å². The fourth-order valence-electron chi connectivity index (χ4n) is 3.50. The molecule has 1 N–H and O–H groups in total. The lowest BCUT2D eigenvalue weighted by Gasteiger charge is -2.17. The lowest BCUT2D eigenvalue weighted by Crippen LogP contribution is -2.19. The van der Waals surface area contributed by atoms with Gasteiger partial charge in [-0.05, 0) is 55.8 Å². The number of amides is 1. The van der Waals surface area contributed by atoms with Gasteiger partial charge in [-0.1, -0.05) is 65.8 Å². The van der Waals surface area contributed by atoms with E-state index < -0.39 is 5.25 Å². The minimum Gasteiger partial charge on any atom is -0.325 e. The first-order valence-corrected chi connectivity index (χ1v) is 12.0. The summed E-state index contributed by atoms with van der Waals surface area (Å²) in [5.74, 6) is 0.439. The standard InChI is InChI=1S/C26H23ClN4O2S/c1-3-31-24(19-12-14-21(27)15-13-19)29-30-26(31)34-23(18-8-5-4-6-9-18)25(33)28-22-11-7-10-20(16-22)17(2)32/h4-16,23H,3H2,1-2H3,(H,28,33). The van der Waals surface area contributed by atoms with Gasteiger partial charge in [0.1, 0.15) is 5.25 Å². The molecule has 4 aromatic rings. The van der Waals surface area contributed by atoms with Crippen molar-refractivity contribution in [2.45, 2.75) is 30.8 Å². The first-order valence-electron chi connectivity index (χ1n) is 10.8. The fourth-order valence-corrected chi connectivity index (χ4v) is 4.73. The molecule has 0 bridgehead atoms. The number of nitrogens with zero attached hydrogens (tertiary/aromatic N) is 3. The largest absolute Gasteiger partial charge is 0.325 e. The summed E-state index contributed by atoms with van der Waals surface area (Å²) in [7, 11) is 0. The van der Waals surface area contributed by atoms with Crippen molar-refractivity contribution >= 4 is 40.7 Å². The summed E-state index contributed by atoms with van der Waals surface area (Å²) in [5.41, 5.74) is 2.84. The second kappa shape index (κ2) is 10.7. The Morgan fingerprint density at radius 1 is 1.00 bits per heavy atom. The lowest BCUT2D eigenvalue weighted by atomic mass is 10.1. The SMILES string of the molecule is CCn1c(SC(C(=O)Nc2cccc(C(C)=O)c2)c2ccccc2)nnc1-c1ccc(Cl)cc1. The molecule has 0 spiro atoms. The van der Waals surface area contributed by atoms with Crippen molar-refractivity contribution in [3.63, 3.8) is 0 Å². The summed E-state index contributed by atoms with van der Waals surface area (Å²) in [6.45, 7) is 4.15. The summed E-state index contributed by atoms with van der Waals surface area (Å²) in [4.78, 5) is 25.2. The predicted octanol–water partition coefficient (Wildman–Crippen LogP) is 6.29. The molecule has 1 unspecified atom stereocenters. The van der Waals surface area contributed by atoms with Crippen molar-refractivity contribution in [2.75, 3.05) is 5.32 Å². The van der Waals surface area contributed by atoms with Gasteiger partial charge in [-0.3, -0.25) is 9.59 Å². The van der Waals surface area contributed by atoms with Crippen LogP contribution in [-0.4, -0.2) is 26.5 Å². The van der Waals surface area contributed by atoms with Crippen molar-refractivity contribution in [3.05, 3.63) is 95.0 Å². The number of aromatic nitrogens is 3. The Balaban J connectivity index is 1.65. The molecule has 0 aliphatic heterocycles. The van der Waals surface area contributed by atoms with E-state index in [2.05, 4.69) is 15.5 Å². The fraction of sp³-hybridized carbons (Fsp3) is 0.154. The highest BCUT2D eigenvalue weighted by Gasteiger charge is 2.26. The van der Waals surface area contributed by atoms with Gasteiger partial charge in [0.15, 0.2) is 16.8 Å². The molecule has 34 heavy (non-hydrogen) atoms. The highest BCUT2D eigenvalue weighted by atomic mass is 35.5. The van der Waals surface area contributed by atoms with Crippen LogP contribution < -0.4 is 5.32 Å². The Morgan fingerprint density at radius 3 is 2.41 bits per heavy atom. The molecule has 1 amide bonds. The summed E-state index contributed by atoms with van der Waals surface area (Å²) in [6.07, 6.45) is 0. The van der Waals surface area contributed by atoms with E-state index in [4.69, 9.17) is 11.6 Å². The molecule has 0 saturated heterocycles. The Bertz CT molecular complexity index is 1310. The van der Waals surface area contributed by atoms with Gasteiger partial charge in [0.25, 0.3) is 0 Å². The number of carbonyl (C=O) groups is 2. The summed E-state index contributed by atoms with van der Waals surface area (Å²) in [6, 6.07) is 23.9. The maximum Gasteiger partial charge on any atom is 0.242 e. The van der Waals surface area contributed by atoms with E-state index in [1.165, 1.54) is 18.7 Å². The van der Waals surface area contributed by atoms with Crippen LogP contribution in [0.25, 0.3) is 11.4 Å². The third kappa shape index (κ3) is 5.38. The number of thioether (sulfide) groups is 1. The summed E-state index contributed by atoms with van der Waals surface area (Å²) < 4.78 is 1.98. The highest BCUT2D eigenvalue weighted by molar-refractivity contribution is 8.00. The highest BCUT2D eigenvalue weighted by Crippen LogP contribution is 2.37. The third-order valence-corrected chi connectivity index (χ3v) is 6.72. The molecule has 4 rings (SSSR count). The quantitative estimate of drug-likeness (QED) is 0.232. The Morgan fingerprint density at radius 2 is 1.74 bits per heavy atom. The van der Waals surface area contributed by atoms with Crippen LogP contribution in [0.5, 0.6) is 0 Å². The number of benzene rings is 3. The number of ketones is 1. The van der Waals surface area contributed by atoms with Gasteiger partial charge >= 0.3 is 0 Å². The number of carbonyl (C=O) groups excluding carboxylic acids is 2. The molecular weight excluding hydrogens is 468 g/mol. The van der Waals surface area contributed by atoms with Gasteiger partial charge in [0.05, 0.1) is 0 Å². The summed E-state index contributed by atoms with van der Waals surface area (Å²) in [5, 5.41) is 12.4. The van der Waals surface area contributed by atoms with Crippen molar-refractivity contribution < 1.29 is 9.59 Å². The zero-order valence-electron chi connectivity index (χ0n) is 18.7. The first kappa shape index (κ1) is 23.7. The number of Topliss-reactive ketones (excluding diaryl/α,β-unsaturated/α-hetero) is 1. The topological polar surface area (TPSA) is 76.9 Å². The molecule has 1 heterocycles. The number of halogens is 1. The van der Waals surface area contributed by atoms with Gasteiger partial charge in [-0.15, -0.1) is 10.2 Å². The van der Waals surface area contributed by atoms with E-state index in [9.17, 15) is 9.59 Å². The van der Waals surface area contributed by atoms with Crippen molar-refractivity contribution in [2.24, 2.45) is 0 Å². The first-order chi connectivity index (χ1) is 16.5. The second-order valence-corrected chi connectivity index (χ2v) is 9.10. The molecule has 0 radical (unpaired) electrons. The molecule has 172 valence electrons. The van der Waals surface area contributed by atoms with Crippen LogP contribution in [0.2, 0.25) is 5.02 Å². The lowest BCUT2D eigenvalue weighted by molar-refractivity contribution is -0.115. The van der Waals surface area contributed by atoms with Crippen LogP contribution in [0.15, 0.2) is 84.0 Å². The van der Waals surface area contributed by atoms with Crippen LogP contribution in [0.3, 0.4) is 0 Å². The van der Waals surface area contributed by atoms with E-state index in [0.717, 1.165) is 11.1 Å². The molecule has 1 atom stereocenters. The molecular formula is C26H23ClN4O2S. The molecule has 0 aliphatic carbocycles. The average molecular weight is 491 g/mol. The van der Waals surface area contributed by atoms with Crippen LogP contribution in [0, 0.1) is 0 Å². The van der Waals surface area contributed by atoms with Crippen LogP contribution >= 0.6 is 23.4 Å². The van der Waals surface area contributed by atoms with E-state index in [1.807, 2.05) is 66.1 Å². The van der Waals surface area contributed by atoms with E-state index in [1.54, 1.807) is 24.3 Å². The molecule has 3 aromatic carbocycles. The summed E-state index contributed by atoms with van der Waals surface area (Å²) >= 11 is 7.37. The predicted molar refractivity (Wildman–Crippen MR) is 136 cm³/mol. The van der Waals surface area contributed by atoms with Gasteiger partial charge in [-0.2, -0.15) is 0 Å².